The van der Waals surface area contributed by atoms with Crippen LogP contribution in [0.1, 0.15) is 20.8 Å². The predicted molar refractivity (Wildman–Crippen MR) is 81.2 cm³/mol. The van der Waals surface area contributed by atoms with Gasteiger partial charge in [-0.15, -0.1) is 0 Å². The first-order chi connectivity index (χ1) is 8.56. The van der Waals surface area contributed by atoms with E-state index in [0.717, 1.165) is 0 Å². The maximum Gasteiger partial charge on any atom is 0.191 e. The molecule has 0 bridgehead atoms. The third-order valence-corrected chi connectivity index (χ3v) is 5.81. The van der Waals surface area contributed by atoms with E-state index in [-0.39, 0.29) is 5.54 Å². The Kier molecular flexibility index (Phi) is 3.99. The molecule has 0 unspecified atom stereocenters. The Hall–Kier alpha value is -1.38. The van der Waals surface area contributed by atoms with E-state index in [1.807, 2.05) is 0 Å². The zero-order chi connectivity index (χ0) is 13.0. The SMILES string of the molecule is CC(C)(C)[N][SiH](c1ccccc1)c1ccccc1. The standard InChI is InChI=1S/C16H20NSi/c1-16(2,3)17-18(14-10-6-4-7-11-14)15-12-8-5-9-13-15/h4-13,18H,1-3H3. The summed E-state index contributed by atoms with van der Waals surface area (Å²) in [6.07, 6.45) is 0. The van der Waals surface area contributed by atoms with Gasteiger partial charge in [0, 0.05) is 5.54 Å². The summed E-state index contributed by atoms with van der Waals surface area (Å²) in [7, 11) is -1.45. The summed E-state index contributed by atoms with van der Waals surface area (Å²) in [5, 5.41) is 2.78. The monoisotopic (exact) mass is 254 g/mol. The molecule has 0 N–H and O–H groups in total. The van der Waals surface area contributed by atoms with Crippen molar-refractivity contribution < 1.29 is 0 Å². The van der Waals surface area contributed by atoms with Crippen molar-refractivity contribution in [3.63, 3.8) is 0 Å². The Morgan fingerprint density at radius 3 is 1.44 bits per heavy atom. The average molecular weight is 254 g/mol. The zero-order valence-electron chi connectivity index (χ0n) is 11.3. The van der Waals surface area contributed by atoms with Gasteiger partial charge in [0.2, 0.25) is 0 Å². The van der Waals surface area contributed by atoms with Crippen LogP contribution in [0.25, 0.3) is 0 Å². The molecule has 0 saturated carbocycles. The van der Waals surface area contributed by atoms with Crippen molar-refractivity contribution in [3.8, 4) is 0 Å². The number of rotatable bonds is 3. The molecule has 2 aromatic carbocycles. The van der Waals surface area contributed by atoms with Gasteiger partial charge in [-0.3, -0.25) is 4.98 Å². The van der Waals surface area contributed by atoms with Gasteiger partial charge in [0.15, 0.2) is 8.96 Å². The van der Waals surface area contributed by atoms with Gasteiger partial charge < -0.3 is 0 Å². The Morgan fingerprint density at radius 2 is 1.11 bits per heavy atom. The van der Waals surface area contributed by atoms with Crippen molar-refractivity contribution in [3.05, 3.63) is 60.7 Å². The molecule has 0 aliphatic heterocycles. The van der Waals surface area contributed by atoms with Crippen LogP contribution in [0, 0.1) is 0 Å². The van der Waals surface area contributed by atoms with Gasteiger partial charge in [-0.25, -0.2) is 0 Å². The molecule has 2 rings (SSSR count). The summed E-state index contributed by atoms with van der Waals surface area (Å²) in [6.45, 7) is 6.54. The highest BCUT2D eigenvalue weighted by atomic mass is 28.3. The third kappa shape index (κ3) is 3.55. The topological polar surface area (TPSA) is 14.1 Å². The first kappa shape index (κ1) is 13.1. The molecule has 0 spiro atoms. The highest BCUT2D eigenvalue weighted by Crippen LogP contribution is 2.03. The average Bonchev–Trinajstić information content (AvgIpc) is 2.37. The zero-order valence-corrected chi connectivity index (χ0v) is 12.5. The first-order valence-electron chi connectivity index (χ1n) is 6.38. The Bertz CT molecular complexity index is 434. The van der Waals surface area contributed by atoms with Gasteiger partial charge in [-0.1, -0.05) is 60.7 Å². The molecule has 0 saturated heterocycles. The molecule has 0 aromatic heterocycles. The quantitative estimate of drug-likeness (QED) is 0.743. The molecule has 1 nitrogen and oxygen atoms in total. The highest BCUT2D eigenvalue weighted by Gasteiger charge is 2.23. The molecular formula is C16H20NSi. The van der Waals surface area contributed by atoms with E-state index >= 15 is 0 Å². The smallest absolute Gasteiger partial charge is 0.191 e. The molecule has 0 heterocycles. The second kappa shape index (κ2) is 5.51. The molecule has 1 radical (unpaired) electrons. The van der Waals surface area contributed by atoms with Crippen molar-refractivity contribution in [2.24, 2.45) is 0 Å². The van der Waals surface area contributed by atoms with E-state index in [9.17, 15) is 0 Å². The molecular weight excluding hydrogens is 234 g/mol. The lowest BCUT2D eigenvalue weighted by atomic mass is 10.1. The van der Waals surface area contributed by atoms with Crippen LogP contribution in [0.15, 0.2) is 60.7 Å². The van der Waals surface area contributed by atoms with E-state index < -0.39 is 8.96 Å². The van der Waals surface area contributed by atoms with Crippen LogP contribution in [0.5, 0.6) is 0 Å². The summed E-state index contributed by atoms with van der Waals surface area (Å²) in [5.41, 5.74) is 0.0164. The lowest BCUT2D eigenvalue weighted by Crippen LogP contribution is -2.55. The van der Waals surface area contributed by atoms with Gasteiger partial charge in [0.25, 0.3) is 0 Å². The second-order valence-electron chi connectivity index (χ2n) is 5.52. The maximum atomic E-state index is 5.09. The van der Waals surface area contributed by atoms with Crippen LogP contribution in [0.4, 0.5) is 0 Å². The van der Waals surface area contributed by atoms with Crippen molar-refractivity contribution in [2.75, 3.05) is 0 Å². The van der Waals surface area contributed by atoms with E-state index in [2.05, 4.69) is 81.4 Å². The minimum Gasteiger partial charge on any atom is -0.257 e. The minimum absolute atomic E-state index is 0.0164. The van der Waals surface area contributed by atoms with Crippen molar-refractivity contribution >= 4 is 19.3 Å². The van der Waals surface area contributed by atoms with Crippen molar-refractivity contribution in [1.29, 1.82) is 0 Å². The molecule has 2 aromatic rings. The molecule has 18 heavy (non-hydrogen) atoms. The number of hydrogen-bond acceptors (Lipinski definition) is 0. The summed E-state index contributed by atoms with van der Waals surface area (Å²) >= 11 is 0. The number of hydrogen-bond donors (Lipinski definition) is 0. The first-order valence-corrected chi connectivity index (χ1v) is 8.05. The van der Waals surface area contributed by atoms with E-state index in [4.69, 9.17) is 4.98 Å². The van der Waals surface area contributed by atoms with E-state index in [0.29, 0.717) is 0 Å². The van der Waals surface area contributed by atoms with Gasteiger partial charge in [0.05, 0.1) is 0 Å². The van der Waals surface area contributed by atoms with Crippen LogP contribution in [-0.4, -0.2) is 14.5 Å². The van der Waals surface area contributed by atoms with Crippen LogP contribution in [0.3, 0.4) is 0 Å². The molecule has 0 aliphatic rings. The Balaban J connectivity index is 2.36. The molecule has 93 valence electrons. The fourth-order valence-corrected chi connectivity index (χ4v) is 4.63. The van der Waals surface area contributed by atoms with Crippen LogP contribution >= 0.6 is 0 Å². The summed E-state index contributed by atoms with van der Waals surface area (Å²) in [6, 6.07) is 21.4. The lowest BCUT2D eigenvalue weighted by Gasteiger charge is -2.26. The fourth-order valence-electron chi connectivity index (χ4n) is 2.00. The van der Waals surface area contributed by atoms with Crippen LogP contribution in [0.2, 0.25) is 0 Å². The van der Waals surface area contributed by atoms with Gasteiger partial charge in [0.1, 0.15) is 0 Å². The van der Waals surface area contributed by atoms with Gasteiger partial charge in [-0.05, 0) is 31.1 Å². The number of nitrogens with zero attached hydrogens (tertiary/aromatic N) is 1. The molecule has 2 heteroatoms. The molecule has 0 atom stereocenters. The third-order valence-electron chi connectivity index (χ3n) is 2.75. The van der Waals surface area contributed by atoms with Gasteiger partial charge in [-0.2, -0.15) is 0 Å². The largest absolute Gasteiger partial charge is 0.257 e. The predicted octanol–water partition coefficient (Wildman–Crippen LogP) is 1.93. The van der Waals surface area contributed by atoms with E-state index in [1.165, 1.54) is 10.4 Å². The van der Waals surface area contributed by atoms with Crippen molar-refractivity contribution in [1.82, 2.24) is 4.98 Å². The fraction of sp³-hybridized carbons (Fsp3) is 0.250. The normalized spacial score (nSPS) is 11.8. The lowest BCUT2D eigenvalue weighted by molar-refractivity contribution is 0.513. The van der Waals surface area contributed by atoms with Crippen molar-refractivity contribution in [2.45, 2.75) is 26.3 Å². The highest BCUT2D eigenvalue weighted by molar-refractivity contribution is 6.83. The molecule has 0 aliphatic carbocycles. The van der Waals surface area contributed by atoms with Gasteiger partial charge >= 0.3 is 0 Å². The molecule has 0 amide bonds. The Morgan fingerprint density at radius 1 is 0.722 bits per heavy atom. The number of benzene rings is 2. The summed E-state index contributed by atoms with van der Waals surface area (Å²) in [5.74, 6) is 0. The minimum atomic E-state index is -1.45. The maximum absolute atomic E-state index is 5.09. The van der Waals surface area contributed by atoms with E-state index in [1.54, 1.807) is 0 Å². The Labute approximate surface area is 112 Å². The van der Waals surface area contributed by atoms with Crippen LogP contribution < -0.4 is 15.4 Å². The summed E-state index contributed by atoms with van der Waals surface area (Å²) < 4.78 is 0. The summed E-state index contributed by atoms with van der Waals surface area (Å²) in [4.78, 5) is 5.09. The molecule has 0 fully saturated rings. The second-order valence-corrected chi connectivity index (χ2v) is 7.92. The van der Waals surface area contributed by atoms with Crippen LogP contribution in [-0.2, 0) is 0 Å².